The number of nitrogens with one attached hydrogen (secondary N) is 1. The molecule has 0 radical (unpaired) electrons. The molecule has 0 aliphatic carbocycles. The molecule has 1 aliphatic rings. The molecule has 1 aliphatic heterocycles. The number of nitrogens with zero attached hydrogens (tertiary/aromatic N) is 4. The Balaban J connectivity index is 1.70. The highest BCUT2D eigenvalue weighted by atomic mass is 16.1. The molecule has 1 fully saturated rings. The molecule has 2 aromatic carbocycles. The third-order valence-electron chi connectivity index (χ3n) is 6.60. The van der Waals surface area contributed by atoms with Gasteiger partial charge in [-0.2, -0.15) is 5.26 Å². The van der Waals surface area contributed by atoms with Gasteiger partial charge in [-0.25, -0.2) is 4.98 Å². The average Bonchev–Trinajstić information content (AvgIpc) is 3.53. The Morgan fingerprint density at radius 2 is 1.77 bits per heavy atom. The smallest absolute Gasteiger partial charge is 0.247 e. The van der Waals surface area contributed by atoms with Crippen molar-refractivity contribution < 1.29 is 4.79 Å². The maximum absolute atomic E-state index is 11.7. The summed E-state index contributed by atoms with van der Waals surface area (Å²) in [7, 11) is 1.94. The Bertz CT molecular complexity index is 1470. The number of nitriles is 1. The van der Waals surface area contributed by atoms with Crippen molar-refractivity contribution in [1.29, 1.82) is 5.26 Å². The molecule has 0 atom stereocenters. The first kappa shape index (κ1) is 22.2. The first-order valence-electron chi connectivity index (χ1n) is 11.6. The summed E-state index contributed by atoms with van der Waals surface area (Å²) < 4.78 is 2.01. The molecule has 0 spiro atoms. The van der Waals surface area contributed by atoms with Crippen molar-refractivity contribution >= 4 is 34.0 Å². The van der Waals surface area contributed by atoms with Crippen LogP contribution < -0.4 is 16.0 Å². The van der Waals surface area contributed by atoms with Gasteiger partial charge in [0.15, 0.2) is 0 Å². The first-order chi connectivity index (χ1) is 17.0. The lowest BCUT2D eigenvalue weighted by atomic mass is 9.97. The molecule has 7 nitrogen and oxygen atoms in total. The molecular formula is C28H26N6O. The predicted octanol–water partition coefficient (Wildman–Crippen LogP) is 5.09. The Labute approximate surface area is 204 Å². The number of carbonyl (C=O) groups is 1. The highest BCUT2D eigenvalue weighted by molar-refractivity contribution is 6.11. The molecule has 7 heteroatoms. The van der Waals surface area contributed by atoms with E-state index in [0.29, 0.717) is 17.1 Å². The zero-order chi connectivity index (χ0) is 24.5. The van der Waals surface area contributed by atoms with E-state index in [9.17, 15) is 10.1 Å². The topological polar surface area (TPSA) is 100.0 Å². The number of anilines is 3. The second kappa shape index (κ2) is 8.99. The molecule has 0 saturated carbocycles. The fraction of sp³-hybridized carbons (Fsp3) is 0.179. The summed E-state index contributed by atoms with van der Waals surface area (Å²) in [6, 6.07) is 18.4. The van der Waals surface area contributed by atoms with Crippen LogP contribution in [0.5, 0.6) is 0 Å². The summed E-state index contributed by atoms with van der Waals surface area (Å²) in [5, 5.41) is 13.3. The highest BCUT2D eigenvalue weighted by Gasteiger charge is 2.23. The van der Waals surface area contributed by atoms with Crippen molar-refractivity contribution in [3.8, 4) is 28.5 Å². The number of aryl methyl sites for hydroxylation is 1. The van der Waals surface area contributed by atoms with Crippen LogP contribution in [-0.4, -0.2) is 28.5 Å². The summed E-state index contributed by atoms with van der Waals surface area (Å²) in [5.41, 5.74) is 13.3. The largest absolute Gasteiger partial charge is 0.383 e. The van der Waals surface area contributed by atoms with Gasteiger partial charge in [0, 0.05) is 43.3 Å². The fourth-order valence-electron chi connectivity index (χ4n) is 4.93. The standard InChI is InChI=1S/C28H26N6O/c1-3-23(35)32-21-10-6-19(7-11-21)26-24(18-8-12-22(13-9-18)34-14-4-5-15-34)25-27(33(26)2)20(16-29)17-31-28(25)30/h3,6-13,17H,1,4-5,14-15H2,2H3,(H2,30,31)(H,32,35). The lowest BCUT2D eigenvalue weighted by molar-refractivity contribution is -0.111. The van der Waals surface area contributed by atoms with Gasteiger partial charge >= 0.3 is 0 Å². The van der Waals surface area contributed by atoms with E-state index in [2.05, 4.69) is 52.1 Å². The number of carbonyl (C=O) groups excluding carboxylic acids is 1. The van der Waals surface area contributed by atoms with Crippen LogP contribution in [0.1, 0.15) is 18.4 Å². The van der Waals surface area contributed by atoms with Crippen LogP contribution in [0.2, 0.25) is 0 Å². The highest BCUT2D eigenvalue weighted by Crippen LogP contribution is 2.43. The van der Waals surface area contributed by atoms with E-state index in [1.807, 2.05) is 35.9 Å². The predicted molar refractivity (Wildman–Crippen MR) is 141 cm³/mol. The monoisotopic (exact) mass is 462 g/mol. The van der Waals surface area contributed by atoms with E-state index in [4.69, 9.17) is 5.73 Å². The summed E-state index contributed by atoms with van der Waals surface area (Å²) in [6.45, 7) is 5.66. The lowest BCUT2D eigenvalue weighted by Crippen LogP contribution is -2.17. The number of fused-ring (bicyclic) bond motifs is 1. The third-order valence-corrected chi connectivity index (χ3v) is 6.60. The number of nitrogens with two attached hydrogens (primary N) is 1. The lowest BCUT2D eigenvalue weighted by Gasteiger charge is -2.18. The van der Waals surface area contributed by atoms with Gasteiger partial charge in [-0.3, -0.25) is 4.79 Å². The molecule has 4 aromatic rings. The van der Waals surface area contributed by atoms with Crippen molar-refractivity contribution in [2.75, 3.05) is 29.0 Å². The fourth-order valence-corrected chi connectivity index (χ4v) is 4.93. The number of pyridine rings is 1. The Morgan fingerprint density at radius 3 is 2.40 bits per heavy atom. The van der Waals surface area contributed by atoms with Gasteiger partial charge in [-0.1, -0.05) is 30.8 Å². The van der Waals surface area contributed by atoms with Crippen molar-refractivity contribution in [2.45, 2.75) is 12.8 Å². The van der Waals surface area contributed by atoms with Crippen molar-refractivity contribution in [1.82, 2.24) is 9.55 Å². The van der Waals surface area contributed by atoms with Crippen LogP contribution >= 0.6 is 0 Å². The number of aromatic nitrogens is 2. The summed E-state index contributed by atoms with van der Waals surface area (Å²) in [6.07, 6.45) is 5.20. The normalized spacial score (nSPS) is 13.1. The number of nitrogen functional groups attached to an aromatic ring is 1. The van der Waals surface area contributed by atoms with E-state index in [1.165, 1.54) is 30.8 Å². The summed E-state index contributed by atoms with van der Waals surface area (Å²) in [5.74, 6) is 0.119. The minimum absolute atomic E-state index is 0.265. The van der Waals surface area contributed by atoms with E-state index < -0.39 is 0 Å². The minimum Gasteiger partial charge on any atom is -0.383 e. The van der Waals surface area contributed by atoms with Crippen molar-refractivity contribution in [2.24, 2.45) is 7.05 Å². The molecule has 3 N–H and O–H groups in total. The molecule has 0 bridgehead atoms. The molecule has 3 heterocycles. The number of hydrogen-bond acceptors (Lipinski definition) is 5. The molecule has 1 amide bonds. The Hall–Kier alpha value is -4.57. The molecule has 2 aromatic heterocycles. The first-order valence-corrected chi connectivity index (χ1v) is 11.6. The zero-order valence-electron chi connectivity index (χ0n) is 19.6. The molecule has 0 unspecified atom stereocenters. The molecule has 5 rings (SSSR count). The molecular weight excluding hydrogens is 436 g/mol. The third kappa shape index (κ3) is 3.89. The average molecular weight is 463 g/mol. The van der Waals surface area contributed by atoms with Crippen LogP contribution in [-0.2, 0) is 11.8 Å². The maximum atomic E-state index is 11.7. The number of rotatable bonds is 5. The number of amides is 1. The van der Waals surface area contributed by atoms with E-state index in [-0.39, 0.29) is 5.91 Å². The Morgan fingerprint density at radius 1 is 1.11 bits per heavy atom. The number of hydrogen-bond donors (Lipinski definition) is 2. The van der Waals surface area contributed by atoms with Crippen LogP contribution in [0.25, 0.3) is 33.3 Å². The Kier molecular flexibility index (Phi) is 5.71. The molecule has 174 valence electrons. The summed E-state index contributed by atoms with van der Waals surface area (Å²) >= 11 is 0. The van der Waals surface area contributed by atoms with Gasteiger partial charge in [-0.15, -0.1) is 0 Å². The number of benzene rings is 2. The van der Waals surface area contributed by atoms with Crippen LogP contribution in [0.3, 0.4) is 0 Å². The second-order valence-electron chi connectivity index (χ2n) is 8.69. The van der Waals surface area contributed by atoms with Crippen molar-refractivity contribution in [3.05, 3.63) is 72.9 Å². The van der Waals surface area contributed by atoms with Crippen LogP contribution in [0, 0.1) is 11.3 Å². The minimum atomic E-state index is -0.265. The van der Waals surface area contributed by atoms with E-state index in [1.54, 1.807) is 0 Å². The maximum Gasteiger partial charge on any atom is 0.247 e. The van der Waals surface area contributed by atoms with E-state index in [0.717, 1.165) is 46.4 Å². The van der Waals surface area contributed by atoms with Gasteiger partial charge in [0.25, 0.3) is 0 Å². The van der Waals surface area contributed by atoms with Crippen molar-refractivity contribution in [3.63, 3.8) is 0 Å². The van der Waals surface area contributed by atoms with Gasteiger partial charge in [0.05, 0.1) is 22.2 Å². The van der Waals surface area contributed by atoms with E-state index >= 15 is 0 Å². The van der Waals surface area contributed by atoms with Gasteiger partial charge in [-0.05, 0) is 54.3 Å². The van der Waals surface area contributed by atoms with Crippen LogP contribution in [0.4, 0.5) is 17.2 Å². The zero-order valence-corrected chi connectivity index (χ0v) is 19.6. The quantitative estimate of drug-likeness (QED) is 0.403. The SMILES string of the molecule is C=CC(=O)Nc1ccc(-c2c(-c3ccc(N4CCCC4)cc3)c3c(N)ncc(C#N)c3n2C)cc1. The summed E-state index contributed by atoms with van der Waals surface area (Å²) in [4.78, 5) is 18.4. The molecule has 35 heavy (non-hydrogen) atoms. The van der Waals surface area contributed by atoms with Crippen LogP contribution in [0.15, 0.2) is 67.4 Å². The van der Waals surface area contributed by atoms with Gasteiger partial charge < -0.3 is 20.5 Å². The molecule has 1 saturated heterocycles. The van der Waals surface area contributed by atoms with Gasteiger partial charge in [0.1, 0.15) is 11.9 Å². The second-order valence-corrected chi connectivity index (χ2v) is 8.69. The van der Waals surface area contributed by atoms with Gasteiger partial charge in [0.2, 0.25) is 5.91 Å².